The van der Waals surface area contributed by atoms with Gasteiger partial charge in [0.25, 0.3) is 0 Å². The Kier molecular flexibility index (Phi) is 5.93. The van der Waals surface area contributed by atoms with E-state index in [1.807, 2.05) is 30.3 Å². The van der Waals surface area contributed by atoms with Crippen LogP contribution in [0.3, 0.4) is 0 Å². The Balaban J connectivity index is 1.55. The molecule has 25 heavy (non-hydrogen) atoms. The van der Waals surface area contributed by atoms with Crippen molar-refractivity contribution in [2.45, 2.75) is 37.2 Å². The number of carbonyl (C=O) groups excluding carboxylic acids is 1. The van der Waals surface area contributed by atoms with Crippen LogP contribution in [0.4, 0.5) is 0 Å². The SMILES string of the molecule is CN(Cc1ccccc1)C(=O)CSc1n[nH]c(=O)n1C[C@H]1CCCO1. The fourth-order valence-electron chi connectivity index (χ4n) is 2.75. The smallest absolute Gasteiger partial charge is 0.344 e. The van der Waals surface area contributed by atoms with Gasteiger partial charge in [0.05, 0.1) is 18.4 Å². The van der Waals surface area contributed by atoms with Gasteiger partial charge in [0.1, 0.15) is 0 Å². The minimum atomic E-state index is -0.261. The summed E-state index contributed by atoms with van der Waals surface area (Å²) in [5, 5.41) is 7.02. The number of rotatable bonds is 7. The number of nitrogens with zero attached hydrogens (tertiary/aromatic N) is 3. The number of thioether (sulfide) groups is 1. The highest BCUT2D eigenvalue weighted by molar-refractivity contribution is 7.99. The number of carbonyl (C=O) groups is 1. The van der Waals surface area contributed by atoms with E-state index in [9.17, 15) is 9.59 Å². The average molecular weight is 362 g/mol. The van der Waals surface area contributed by atoms with Gasteiger partial charge in [-0.05, 0) is 18.4 Å². The maximum atomic E-state index is 12.3. The van der Waals surface area contributed by atoms with Crippen molar-refractivity contribution in [1.29, 1.82) is 0 Å². The number of amides is 1. The zero-order valence-electron chi connectivity index (χ0n) is 14.2. The minimum Gasteiger partial charge on any atom is -0.376 e. The molecule has 2 aromatic rings. The molecule has 0 spiro atoms. The first-order valence-corrected chi connectivity index (χ1v) is 9.29. The maximum absolute atomic E-state index is 12.3. The summed E-state index contributed by atoms with van der Waals surface area (Å²) in [4.78, 5) is 25.9. The van der Waals surface area contributed by atoms with Gasteiger partial charge in [0, 0.05) is 20.2 Å². The van der Waals surface area contributed by atoms with Crippen molar-refractivity contribution in [3.8, 4) is 0 Å². The minimum absolute atomic E-state index is 0.00651. The molecule has 3 rings (SSSR count). The molecule has 0 bridgehead atoms. The maximum Gasteiger partial charge on any atom is 0.344 e. The molecule has 0 aliphatic carbocycles. The molecular weight excluding hydrogens is 340 g/mol. The highest BCUT2D eigenvalue weighted by Crippen LogP contribution is 2.18. The summed E-state index contributed by atoms with van der Waals surface area (Å²) < 4.78 is 7.14. The number of ether oxygens (including phenoxy) is 1. The van der Waals surface area contributed by atoms with Crippen LogP contribution in [0.15, 0.2) is 40.3 Å². The molecule has 7 nitrogen and oxygen atoms in total. The second kappa shape index (κ2) is 8.35. The van der Waals surface area contributed by atoms with Crippen LogP contribution < -0.4 is 5.69 Å². The molecule has 1 N–H and O–H groups in total. The molecule has 0 radical (unpaired) electrons. The van der Waals surface area contributed by atoms with Gasteiger partial charge in [-0.15, -0.1) is 5.10 Å². The van der Waals surface area contributed by atoms with Gasteiger partial charge in [-0.25, -0.2) is 9.89 Å². The van der Waals surface area contributed by atoms with Crippen molar-refractivity contribution in [2.75, 3.05) is 19.4 Å². The first kappa shape index (κ1) is 17.8. The van der Waals surface area contributed by atoms with Gasteiger partial charge in [-0.2, -0.15) is 0 Å². The molecule has 0 saturated carbocycles. The third kappa shape index (κ3) is 4.73. The first-order chi connectivity index (χ1) is 12.1. The molecule has 134 valence electrons. The summed E-state index contributed by atoms with van der Waals surface area (Å²) in [7, 11) is 1.78. The van der Waals surface area contributed by atoms with E-state index in [0.717, 1.165) is 25.0 Å². The topological polar surface area (TPSA) is 80.2 Å². The predicted molar refractivity (Wildman–Crippen MR) is 95.5 cm³/mol. The quantitative estimate of drug-likeness (QED) is 0.755. The summed E-state index contributed by atoms with van der Waals surface area (Å²) in [6, 6.07) is 9.84. The van der Waals surface area contributed by atoms with Crippen LogP contribution in [0.1, 0.15) is 18.4 Å². The lowest BCUT2D eigenvalue weighted by Crippen LogP contribution is -2.28. The van der Waals surface area contributed by atoms with Crippen LogP contribution in [-0.4, -0.2) is 51.1 Å². The van der Waals surface area contributed by atoms with Crippen molar-refractivity contribution < 1.29 is 9.53 Å². The fraction of sp³-hybridized carbons (Fsp3) is 0.471. The molecule has 1 atom stereocenters. The van der Waals surface area contributed by atoms with Crippen molar-refractivity contribution in [2.24, 2.45) is 0 Å². The molecule has 0 unspecified atom stereocenters. The molecule has 1 amide bonds. The van der Waals surface area contributed by atoms with Gasteiger partial charge < -0.3 is 9.64 Å². The standard InChI is InChI=1S/C17H22N4O3S/c1-20(10-13-6-3-2-4-7-13)15(22)12-25-17-19-18-16(23)21(17)11-14-8-5-9-24-14/h2-4,6-7,14H,5,8-12H2,1H3,(H,18,23)/t14-/m1/s1. The third-order valence-electron chi connectivity index (χ3n) is 4.15. The van der Waals surface area contributed by atoms with Gasteiger partial charge >= 0.3 is 5.69 Å². The summed E-state index contributed by atoms with van der Waals surface area (Å²) in [5.41, 5.74) is 0.821. The second-order valence-corrected chi connectivity index (χ2v) is 7.02. The second-order valence-electron chi connectivity index (χ2n) is 6.08. The van der Waals surface area contributed by atoms with Crippen molar-refractivity contribution in [3.63, 3.8) is 0 Å². The summed E-state index contributed by atoms with van der Waals surface area (Å²) in [5.74, 6) is 0.229. The monoisotopic (exact) mass is 362 g/mol. The van der Waals surface area contributed by atoms with Crippen LogP contribution in [0.2, 0.25) is 0 Å². The predicted octanol–water partition coefficient (Wildman–Crippen LogP) is 1.50. The Morgan fingerprint density at radius 3 is 2.96 bits per heavy atom. The lowest BCUT2D eigenvalue weighted by atomic mass is 10.2. The lowest BCUT2D eigenvalue weighted by Gasteiger charge is -2.17. The molecule has 1 aliphatic heterocycles. The Bertz CT molecular complexity index is 753. The fourth-order valence-corrected chi connectivity index (χ4v) is 3.64. The molecular formula is C17H22N4O3S. The number of hydrogen-bond donors (Lipinski definition) is 1. The van der Waals surface area contributed by atoms with Gasteiger partial charge in [-0.1, -0.05) is 42.1 Å². The summed E-state index contributed by atoms with van der Waals surface area (Å²) >= 11 is 1.27. The Morgan fingerprint density at radius 2 is 2.24 bits per heavy atom. The van der Waals surface area contributed by atoms with Crippen LogP contribution in [0.25, 0.3) is 0 Å². The van der Waals surface area contributed by atoms with Crippen LogP contribution >= 0.6 is 11.8 Å². The molecule has 8 heteroatoms. The van der Waals surface area contributed by atoms with Gasteiger partial charge in [0.2, 0.25) is 5.91 Å². The third-order valence-corrected chi connectivity index (χ3v) is 5.11. The number of aromatic nitrogens is 3. The number of benzene rings is 1. The number of H-pyrrole nitrogens is 1. The molecule has 2 heterocycles. The highest BCUT2D eigenvalue weighted by Gasteiger charge is 2.20. The first-order valence-electron chi connectivity index (χ1n) is 8.31. The molecule has 1 aliphatic rings. The van der Waals surface area contributed by atoms with E-state index in [1.54, 1.807) is 16.5 Å². The number of hydrogen-bond acceptors (Lipinski definition) is 5. The van der Waals surface area contributed by atoms with Crippen molar-refractivity contribution in [3.05, 3.63) is 46.4 Å². The van der Waals surface area contributed by atoms with E-state index in [0.29, 0.717) is 18.2 Å². The zero-order valence-corrected chi connectivity index (χ0v) is 15.0. The van der Waals surface area contributed by atoms with Crippen molar-refractivity contribution in [1.82, 2.24) is 19.7 Å². The molecule has 1 aromatic carbocycles. The Morgan fingerprint density at radius 1 is 1.44 bits per heavy atom. The largest absolute Gasteiger partial charge is 0.376 e. The molecule has 1 aromatic heterocycles. The van der Waals surface area contributed by atoms with Crippen molar-refractivity contribution >= 4 is 17.7 Å². The summed E-state index contributed by atoms with van der Waals surface area (Å²) in [6.45, 7) is 1.78. The average Bonchev–Trinajstić information content (AvgIpc) is 3.25. The van der Waals surface area contributed by atoms with Crippen LogP contribution in [0.5, 0.6) is 0 Å². The number of nitrogens with one attached hydrogen (secondary N) is 1. The molecule has 1 saturated heterocycles. The lowest BCUT2D eigenvalue weighted by molar-refractivity contribution is -0.127. The van der Waals surface area contributed by atoms with E-state index in [2.05, 4.69) is 10.2 Å². The van der Waals surface area contributed by atoms with Gasteiger partial charge in [-0.3, -0.25) is 9.36 Å². The highest BCUT2D eigenvalue weighted by atomic mass is 32.2. The Hall–Kier alpha value is -2.06. The van der Waals surface area contributed by atoms with E-state index in [1.165, 1.54) is 11.8 Å². The molecule has 1 fully saturated rings. The number of aromatic amines is 1. The van der Waals surface area contributed by atoms with Crippen LogP contribution in [0, 0.1) is 0 Å². The Labute approximate surface area is 150 Å². The van der Waals surface area contributed by atoms with E-state index in [4.69, 9.17) is 4.74 Å². The normalized spacial score (nSPS) is 16.9. The van der Waals surface area contributed by atoms with Gasteiger partial charge in [0.15, 0.2) is 5.16 Å². The van der Waals surface area contributed by atoms with E-state index < -0.39 is 0 Å². The van der Waals surface area contributed by atoms with Crippen LogP contribution in [-0.2, 0) is 22.6 Å². The zero-order chi connectivity index (χ0) is 17.6. The van der Waals surface area contributed by atoms with E-state index >= 15 is 0 Å². The summed E-state index contributed by atoms with van der Waals surface area (Å²) in [6.07, 6.45) is 2.01. The van der Waals surface area contributed by atoms with E-state index in [-0.39, 0.29) is 23.5 Å².